The van der Waals surface area contributed by atoms with Crippen LogP contribution in [0.4, 0.5) is 24.5 Å². The summed E-state index contributed by atoms with van der Waals surface area (Å²) in [6.45, 7) is 8.63. The van der Waals surface area contributed by atoms with Crippen molar-refractivity contribution in [2.75, 3.05) is 58.2 Å². The van der Waals surface area contributed by atoms with E-state index in [-0.39, 0.29) is 28.0 Å². The Balaban J connectivity index is 0.00000474. The van der Waals surface area contributed by atoms with Gasteiger partial charge in [-0.15, -0.1) is 0 Å². The maximum Gasteiger partial charge on any atom is 0.302 e. The van der Waals surface area contributed by atoms with E-state index in [2.05, 4.69) is 10.4 Å². The van der Waals surface area contributed by atoms with Crippen molar-refractivity contribution >= 4 is 35.1 Å². The highest BCUT2D eigenvalue weighted by Crippen LogP contribution is 2.41. The number of hydrazone groups is 1. The standard InChI is InChI=1S/C29H42ClF3N8O.C2H6/c1-8-20(13-23(9-2)41(35)17-25(34)21-12-19(3)40(7)36-16-21)28(42)37-22-14-24(29(32,33)18-31)27(30)26(15-22)39(6)11-10-38(4)5;1-2/h8,12-17,19H,9-11,18,34-35H2,1-7H3,(H,37,42);1-2H3/b20-8+,23-13+,25-17-;. The molecule has 1 aromatic carbocycles. The molecule has 0 bridgehead atoms. The van der Waals surface area contributed by atoms with Crippen LogP contribution in [-0.4, -0.2) is 81.0 Å². The minimum absolute atomic E-state index is 0.0429. The summed E-state index contributed by atoms with van der Waals surface area (Å²) >= 11 is 6.33. The molecule has 0 aromatic heterocycles. The van der Waals surface area contributed by atoms with Gasteiger partial charge in [-0.1, -0.05) is 38.4 Å². The molecule has 5 N–H and O–H groups in total. The highest BCUT2D eigenvalue weighted by molar-refractivity contribution is 6.34. The Morgan fingerprint density at radius 2 is 1.86 bits per heavy atom. The maximum atomic E-state index is 14.6. The van der Waals surface area contributed by atoms with E-state index in [1.807, 2.05) is 59.8 Å². The molecule has 0 radical (unpaired) electrons. The van der Waals surface area contributed by atoms with Gasteiger partial charge >= 0.3 is 5.92 Å². The maximum absolute atomic E-state index is 14.6. The fourth-order valence-corrected chi connectivity index (χ4v) is 4.33. The predicted molar refractivity (Wildman–Crippen MR) is 177 cm³/mol. The largest absolute Gasteiger partial charge is 0.397 e. The molecule has 9 nitrogen and oxygen atoms in total. The first-order chi connectivity index (χ1) is 20.6. The molecular formula is C31H48ClF3N8O. The van der Waals surface area contributed by atoms with Crippen LogP contribution in [-0.2, 0) is 10.7 Å². The summed E-state index contributed by atoms with van der Waals surface area (Å²) in [5.74, 6) is 1.86. The van der Waals surface area contributed by atoms with Gasteiger partial charge in [-0.05, 0) is 58.6 Å². The molecule has 246 valence electrons. The third-order valence-electron chi connectivity index (χ3n) is 6.76. The molecule has 1 aliphatic rings. The number of hydrazine groups is 1. The number of rotatable bonds is 13. The van der Waals surface area contributed by atoms with Crippen molar-refractivity contribution in [2.24, 2.45) is 16.7 Å². The molecule has 1 atom stereocenters. The van der Waals surface area contributed by atoms with Gasteiger partial charge in [-0.25, -0.2) is 10.2 Å². The van der Waals surface area contributed by atoms with Gasteiger partial charge in [0.2, 0.25) is 0 Å². The first-order valence-electron chi connectivity index (χ1n) is 14.5. The molecule has 0 aliphatic carbocycles. The van der Waals surface area contributed by atoms with Crippen LogP contribution in [0.15, 0.2) is 64.2 Å². The number of nitrogens with one attached hydrogen (secondary N) is 1. The Morgan fingerprint density at radius 1 is 1.23 bits per heavy atom. The molecule has 13 heteroatoms. The van der Waals surface area contributed by atoms with Gasteiger partial charge in [0, 0.05) is 61.5 Å². The zero-order valence-electron chi connectivity index (χ0n) is 27.3. The van der Waals surface area contributed by atoms with Crippen molar-refractivity contribution < 1.29 is 18.0 Å². The molecule has 1 aromatic rings. The summed E-state index contributed by atoms with van der Waals surface area (Å²) in [5.41, 5.74) is 7.71. The number of benzene rings is 1. The van der Waals surface area contributed by atoms with Crippen molar-refractivity contribution in [1.82, 2.24) is 14.9 Å². The Kier molecular flexibility index (Phi) is 15.5. The van der Waals surface area contributed by atoms with Crippen LogP contribution in [0.1, 0.15) is 46.6 Å². The van der Waals surface area contributed by atoms with Gasteiger partial charge in [-0.2, -0.15) is 13.9 Å². The molecule has 0 saturated heterocycles. The summed E-state index contributed by atoms with van der Waals surface area (Å²) in [7, 11) is 7.29. The average molecular weight is 641 g/mol. The van der Waals surface area contributed by atoms with E-state index in [1.165, 1.54) is 17.3 Å². The molecular weight excluding hydrogens is 593 g/mol. The zero-order chi connectivity index (χ0) is 33.8. The number of nitrogens with two attached hydrogens (primary N) is 2. The molecule has 44 heavy (non-hydrogen) atoms. The lowest BCUT2D eigenvalue weighted by Crippen LogP contribution is -2.29. The van der Waals surface area contributed by atoms with Gasteiger partial charge in [0.1, 0.15) is 0 Å². The van der Waals surface area contributed by atoms with Crippen LogP contribution < -0.4 is 21.8 Å². The summed E-state index contributed by atoms with van der Waals surface area (Å²) in [6.07, 6.45) is 8.72. The molecule has 2 rings (SSSR count). The predicted octanol–water partition coefficient (Wildman–Crippen LogP) is 5.83. The average Bonchev–Trinajstić information content (AvgIpc) is 2.99. The van der Waals surface area contributed by atoms with Crippen LogP contribution in [0.25, 0.3) is 0 Å². The number of hydrogen-bond donors (Lipinski definition) is 3. The van der Waals surface area contributed by atoms with Crippen LogP contribution in [0.2, 0.25) is 5.02 Å². The van der Waals surface area contributed by atoms with E-state index in [4.69, 9.17) is 23.2 Å². The lowest BCUT2D eigenvalue weighted by Gasteiger charge is -2.26. The van der Waals surface area contributed by atoms with Crippen LogP contribution >= 0.6 is 11.6 Å². The number of hydrogen-bond acceptors (Lipinski definition) is 8. The van der Waals surface area contributed by atoms with Gasteiger partial charge in [0.25, 0.3) is 5.91 Å². The molecule has 0 fully saturated rings. The third kappa shape index (κ3) is 10.6. The first kappa shape index (κ1) is 38.5. The number of halogens is 4. The minimum atomic E-state index is -3.84. The van der Waals surface area contributed by atoms with E-state index >= 15 is 0 Å². The normalized spacial score (nSPS) is 16.0. The number of amides is 1. The third-order valence-corrected chi connectivity index (χ3v) is 7.15. The van der Waals surface area contributed by atoms with Crippen molar-refractivity contribution in [3.05, 3.63) is 69.7 Å². The van der Waals surface area contributed by atoms with E-state index in [0.717, 1.165) is 6.07 Å². The van der Waals surface area contributed by atoms with Crippen LogP contribution in [0, 0.1) is 0 Å². The quantitative estimate of drug-likeness (QED) is 0.108. The second-order valence-electron chi connectivity index (χ2n) is 10.3. The molecule has 1 amide bonds. The summed E-state index contributed by atoms with van der Waals surface area (Å²) < 4.78 is 42.5. The number of anilines is 2. The summed E-state index contributed by atoms with van der Waals surface area (Å²) in [6, 6.07) is 2.54. The fourth-order valence-electron chi connectivity index (χ4n) is 3.94. The molecule has 0 spiro atoms. The van der Waals surface area contributed by atoms with Crippen molar-refractivity contribution in [2.45, 2.75) is 53.0 Å². The van der Waals surface area contributed by atoms with E-state index in [0.29, 0.717) is 36.5 Å². The van der Waals surface area contributed by atoms with Crippen LogP contribution in [0.3, 0.4) is 0 Å². The number of nitrogens with zero attached hydrogens (tertiary/aromatic N) is 5. The number of alkyl halides is 3. The lowest BCUT2D eigenvalue weighted by atomic mass is 10.1. The van der Waals surface area contributed by atoms with Crippen molar-refractivity contribution in [3.63, 3.8) is 0 Å². The first-order valence-corrected chi connectivity index (χ1v) is 14.8. The number of carbonyl (C=O) groups is 1. The van der Waals surface area contributed by atoms with E-state index < -0.39 is 24.1 Å². The van der Waals surface area contributed by atoms with Crippen molar-refractivity contribution in [1.29, 1.82) is 0 Å². The Morgan fingerprint density at radius 3 is 2.39 bits per heavy atom. The van der Waals surface area contributed by atoms with Gasteiger partial charge in [-0.3, -0.25) is 14.8 Å². The molecule has 1 heterocycles. The topological polar surface area (TPSA) is 106 Å². The summed E-state index contributed by atoms with van der Waals surface area (Å²) in [5, 5.41) is 9.77. The zero-order valence-corrected chi connectivity index (χ0v) is 28.0. The highest BCUT2D eigenvalue weighted by Gasteiger charge is 2.36. The van der Waals surface area contributed by atoms with E-state index in [9.17, 15) is 18.0 Å². The molecule has 0 saturated carbocycles. The SMILES string of the molecule is C/C=C(\C=C(/CC)N(N)/C=C(\N)C1=CC(C)N(C)N=C1)C(=O)Nc1cc(N(C)CCN(C)C)c(Cl)c(C(F)(F)CF)c1.CC. The van der Waals surface area contributed by atoms with Gasteiger partial charge in [0.05, 0.1) is 28.7 Å². The number of likely N-dealkylation sites (N-methyl/N-ethyl adjacent to an activating group) is 3. The van der Waals surface area contributed by atoms with Crippen LogP contribution in [0.5, 0.6) is 0 Å². The Bertz CT molecular complexity index is 1280. The summed E-state index contributed by atoms with van der Waals surface area (Å²) in [4.78, 5) is 16.9. The fraction of sp³-hybridized carbons (Fsp3) is 0.484. The number of carbonyl (C=O) groups excluding carboxylic acids is 1. The molecule has 1 aliphatic heterocycles. The van der Waals surface area contributed by atoms with E-state index in [1.54, 1.807) is 42.2 Å². The molecule has 1 unspecified atom stereocenters. The second-order valence-corrected chi connectivity index (χ2v) is 10.7. The monoisotopic (exact) mass is 640 g/mol. The Labute approximate surface area is 265 Å². The lowest BCUT2D eigenvalue weighted by molar-refractivity contribution is -0.112. The minimum Gasteiger partial charge on any atom is -0.397 e. The highest BCUT2D eigenvalue weighted by atomic mass is 35.5. The number of allylic oxidation sites excluding steroid dienone is 3. The second kappa shape index (κ2) is 17.7. The van der Waals surface area contributed by atoms with Gasteiger partial charge in [0.15, 0.2) is 6.67 Å². The van der Waals surface area contributed by atoms with Gasteiger partial charge < -0.3 is 20.9 Å². The smallest absolute Gasteiger partial charge is 0.302 e. The van der Waals surface area contributed by atoms with Crippen molar-refractivity contribution in [3.8, 4) is 0 Å². The Hall–Kier alpha value is -3.48.